The third-order valence-electron chi connectivity index (χ3n) is 1.79. The van der Waals surface area contributed by atoms with E-state index in [1.807, 2.05) is 36.4 Å². The maximum absolute atomic E-state index is 10.4. The molecule has 0 aliphatic carbocycles. The predicted molar refractivity (Wildman–Crippen MR) is 55.7 cm³/mol. The average molecular weight is 191 g/mol. The first-order chi connectivity index (χ1) is 6.70. The number of carbonyl (C=O) groups is 1. The number of carboxylic acid groups (broad SMARTS) is 1. The van der Waals surface area contributed by atoms with Gasteiger partial charge in [-0.05, 0) is 24.8 Å². The highest BCUT2D eigenvalue weighted by atomic mass is 16.4. The summed E-state index contributed by atoms with van der Waals surface area (Å²) in [6.45, 7) is 1.59. The first kappa shape index (κ1) is 10.3. The number of hydrogen-bond acceptors (Lipinski definition) is 2. The zero-order valence-electron chi connectivity index (χ0n) is 7.97. The van der Waals surface area contributed by atoms with Crippen LogP contribution in [0.5, 0.6) is 0 Å². The highest BCUT2D eigenvalue weighted by Gasteiger charge is 2.05. The summed E-state index contributed by atoms with van der Waals surface area (Å²) in [7, 11) is 0. The molecule has 1 rings (SSSR count). The van der Waals surface area contributed by atoms with Crippen molar-refractivity contribution in [2.24, 2.45) is 0 Å². The molecule has 14 heavy (non-hydrogen) atoms. The molecule has 3 nitrogen and oxygen atoms in total. The summed E-state index contributed by atoms with van der Waals surface area (Å²) in [6.07, 6.45) is 3.48. The highest BCUT2D eigenvalue weighted by molar-refractivity contribution is 5.73. The molecular formula is C11H13NO2. The predicted octanol–water partition coefficient (Wildman–Crippen LogP) is 1.72. The summed E-state index contributed by atoms with van der Waals surface area (Å²) in [5.74, 6) is -0.859. The number of carboxylic acids is 1. The van der Waals surface area contributed by atoms with Gasteiger partial charge in [-0.25, -0.2) is 0 Å². The van der Waals surface area contributed by atoms with Gasteiger partial charge >= 0.3 is 5.97 Å². The van der Waals surface area contributed by atoms with Gasteiger partial charge in [-0.2, -0.15) is 0 Å². The first-order valence-corrected chi connectivity index (χ1v) is 4.40. The lowest BCUT2D eigenvalue weighted by atomic mass is 10.2. The lowest BCUT2D eigenvalue weighted by Crippen LogP contribution is -2.29. The first-order valence-electron chi connectivity index (χ1n) is 4.40. The van der Waals surface area contributed by atoms with Gasteiger partial charge < -0.3 is 10.4 Å². The fourth-order valence-electron chi connectivity index (χ4n) is 0.924. The normalized spacial score (nSPS) is 12.6. The Kier molecular flexibility index (Phi) is 3.73. The van der Waals surface area contributed by atoms with Crippen molar-refractivity contribution in [1.29, 1.82) is 0 Å². The van der Waals surface area contributed by atoms with E-state index in [1.54, 1.807) is 13.1 Å². The Balaban J connectivity index is 2.46. The average Bonchev–Trinajstić information content (AvgIpc) is 2.19. The van der Waals surface area contributed by atoms with E-state index in [9.17, 15) is 4.79 Å². The van der Waals surface area contributed by atoms with Crippen molar-refractivity contribution in [2.75, 3.05) is 0 Å². The summed E-state index contributed by atoms with van der Waals surface area (Å²) < 4.78 is 0. The van der Waals surface area contributed by atoms with Gasteiger partial charge in [0.05, 0.1) is 0 Å². The third kappa shape index (κ3) is 3.31. The van der Waals surface area contributed by atoms with Crippen LogP contribution in [-0.2, 0) is 4.79 Å². The zero-order valence-corrected chi connectivity index (χ0v) is 7.97. The quantitative estimate of drug-likeness (QED) is 0.761. The van der Waals surface area contributed by atoms with Crippen molar-refractivity contribution in [3.05, 3.63) is 42.1 Å². The Morgan fingerprint density at radius 2 is 2.07 bits per heavy atom. The van der Waals surface area contributed by atoms with Crippen LogP contribution in [-0.4, -0.2) is 17.1 Å². The van der Waals surface area contributed by atoms with Gasteiger partial charge in [-0.15, -0.1) is 0 Å². The van der Waals surface area contributed by atoms with E-state index < -0.39 is 12.0 Å². The Hall–Kier alpha value is -1.77. The summed E-state index contributed by atoms with van der Waals surface area (Å²) in [6, 6.07) is 9.13. The molecule has 0 aliphatic heterocycles. The summed E-state index contributed by atoms with van der Waals surface area (Å²) in [5, 5.41) is 11.3. The standard InChI is InChI=1S/C11H13NO2/c1-9(11(13)14)12-8-7-10-5-3-2-4-6-10/h2-9,12H,1H3,(H,13,14)/b8-7+/t9-/m0/s1. The largest absolute Gasteiger partial charge is 0.480 e. The van der Waals surface area contributed by atoms with E-state index in [4.69, 9.17) is 5.11 Å². The van der Waals surface area contributed by atoms with Gasteiger partial charge in [0.15, 0.2) is 0 Å². The second-order valence-electron chi connectivity index (χ2n) is 2.97. The van der Waals surface area contributed by atoms with Crippen molar-refractivity contribution in [3.63, 3.8) is 0 Å². The molecule has 0 spiro atoms. The van der Waals surface area contributed by atoms with Gasteiger partial charge in [0.1, 0.15) is 6.04 Å². The Morgan fingerprint density at radius 1 is 1.43 bits per heavy atom. The van der Waals surface area contributed by atoms with Crippen LogP contribution >= 0.6 is 0 Å². The number of rotatable bonds is 4. The number of hydrogen-bond donors (Lipinski definition) is 2. The van der Waals surface area contributed by atoms with E-state index in [1.165, 1.54) is 0 Å². The molecule has 0 saturated heterocycles. The molecule has 3 heteroatoms. The molecule has 74 valence electrons. The van der Waals surface area contributed by atoms with Gasteiger partial charge in [-0.1, -0.05) is 30.3 Å². The second kappa shape index (κ2) is 5.07. The summed E-state index contributed by atoms with van der Waals surface area (Å²) in [5.41, 5.74) is 1.04. The van der Waals surface area contributed by atoms with Crippen LogP contribution in [0.4, 0.5) is 0 Å². The van der Waals surface area contributed by atoms with Gasteiger partial charge in [0.2, 0.25) is 0 Å². The van der Waals surface area contributed by atoms with Gasteiger partial charge in [-0.3, -0.25) is 4.79 Å². The van der Waals surface area contributed by atoms with E-state index in [0.717, 1.165) is 5.56 Å². The molecule has 2 N–H and O–H groups in total. The fraction of sp³-hybridized carbons (Fsp3) is 0.182. The zero-order chi connectivity index (χ0) is 10.4. The van der Waals surface area contributed by atoms with Crippen LogP contribution in [0.15, 0.2) is 36.5 Å². The molecule has 1 aromatic carbocycles. The topological polar surface area (TPSA) is 49.3 Å². The van der Waals surface area contributed by atoms with Crippen LogP contribution in [0, 0.1) is 0 Å². The maximum atomic E-state index is 10.4. The van der Waals surface area contributed by atoms with Gasteiger partial charge in [0.25, 0.3) is 0 Å². The SMILES string of the molecule is C[C@H](N/C=C/c1ccccc1)C(=O)O. The minimum absolute atomic E-state index is 0.560. The number of benzene rings is 1. The molecule has 0 aromatic heterocycles. The molecule has 0 saturated carbocycles. The molecular weight excluding hydrogens is 178 g/mol. The van der Waals surface area contributed by atoms with Crippen LogP contribution in [0.3, 0.4) is 0 Å². The van der Waals surface area contributed by atoms with E-state index >= 15 is 0 Å². The summed E-state index contributed by atoms with van der Waals surface area (Å²) >= 11 is 0. The summed E-state index contributed by atoms with van der Waals surface area (Å²) in [4.78, 5) is 10.4. The molecule has 0 amide bonds. The minimum atomic E-state index is -0.859. The second-order valence-corrected chi connectivity index (χ2v) is 2.97. The maximum Gasteiger partial charge on any atom is 0.325 e. The lowest BCUT2D eigenvalue weighted by Gasteiger charge is -2.04. The van der Waals surface area contributed by atoms with Crippen molar-refractivity contribution in [2.45, 2.75) is 13.0 Å². The molecule has 1 atom stereocenters. The third-order valence-corrected chi connectivity index (χ3v) is 1.79. The van der Waals surface area contributed by atoms with E-state index in [2.05, 4.69) is 5.32 Å². The van der Waals surface area contributed by atoms with Gasteiger partial charge in [0, 0.05) is 0 Å². The molecule has 0 radical (unpaired) electrons. The molecule has 0 aliphatic rings. The van der Waals surface area contributed by atoms with Crippen molar-refractivity contribution in [1.82, 2.24) is 5.32 Å². The Bertz CT molecular complexity index is 319. The Morgan fingerprint density at radius 3 is 2.64 bits per heavy atom. The number of nitrogens with one attached hydrogen (secondary N) is 1. The fourth-order valence-corrected chi connectivity index (χ4v) is 0.924. The van der Waals surface area contributed by atoms with Crippen molar-refractivity contribution in [3.8, 4) is 0 Å². The molecule has 1 aromatic rings. The minimum Gasteiger partial charge on any atom is -0.480 e. The lowest BCUT2D eigenvalue weighted by molar-refractivity contribution is -0.138. The monoisotopic (exact) mass is 191 g/mol. The van der Waals surface area contributed by atoms with Crippen LogP contribution in [0.2, 0.25) is 0 Å². The van der Waals surface area contributed by atoms with Crippen molar-refractivity contribution >= 4 is 12.0 Å². The van der Waals surface area contributed by atoms with Crippen LogP contribution < -0.4 is 5.32 Å². The molecule has 0 fully saturated rings. The number of aliphatic carboxylic acids is 1. The smallest absolute Gasteiger partial charge is 0.325 e. The molecule has 0 unspecified atom stereocenters. The van der Waals surface area contributed by atoms with Crippen LogP contribution in [0.25, 0.3) is 6.08 Å². The van der Waals surface area contributed by atoms with Crippen molar-refractivity contribution < 1.29 is 9.90 Å². The highest BCUT2D eigenvalue weighted by Crippen LogP contribution is 1.99. The molecule has 0 bridgehead atoms. The van der Waals surface area contributed by atoms with E-state index in [-0.39, 0.29) is 0 Å². The van der Waals surface area contributed by atoms with Crippen LogP contribution in [0.1, 0.15) is 12.5 Å². The Labute approximate surface area is 83.1 Å². The molecule has 0 heterocycles. The van der Waals surface area contributed by atoms with E-state index in [0.29, 0.717) is 0 Å².